The highest BCUT2D eigenvalue weighted by Crippen LogP contribution is 2.36. The SMILES string of the molecule is NCc1ccc(NC(=O)COc2cc(C(=O)O)cc3cc(Cl)cc(Cl)c23)c(OCC(=O)O)c1. The summed E-state index contributed by atoms with van der Waals surface area (Å²) < 4.78 is 10.8. The summed E-state index contributed by atoms with van der Waals surface area (Å²) in [4.78, 5) is 34.8. The molecular formula is C22H18Cl2N2O7. The van der Waals surface area contributed by atoms with Gasteiger partial charge in [-0.3, -0.25) is 4.79 Å². The highest BCUT2D eigenvalue weighted by molar-refractivity contribution is 6.39. The first-order valence-electron chi connectivity index (χ1n) is 9.44. The van der Waals surface area contributed by atoms with Gasteiger partial charge in [0.2, 0.25) is 0 Å². The van der Waals surface area contributed by atoms with Crippen LogP contribution in [0.25, 0.3) is 10.8 Å². The van der Waals surface area contributed by atoms with Gasteiger partial charge in [-0.2, -0.15) is 0 Å². The fourth-order valence-electron chi connectivity index (χ4n) is 3.01. The van der Waals surface area contributed by atoms with E-state index in [9.17, 15) is 19.5 Å². The molecule has 0 heterocycles. The van der Waals surface area contributed by atoms with Crippen LogP contribution in [0.15, 0.2) is 42.5 Å². The van der Waals surface area contributed by atoms with Gasteiger partial charge in [0.15, 0.2) is 13.2 Å². The maximum absolute atomic E-state index is 12.5. The number of anilines is 1. The molecular weight excluding hydrogens is 475 g/mol. The lowest BCUT2D eigenvalue weighted by molar-refractivity contribution is -0.139. The van der Waals surface area contributed by atoms with Crippen molar-refractivity contribution in [3.63, 3.8) is 0 Å². The van der Waals surface area contributed by atoms with Crippen LogP contribution in [-0.2, 0) is 16.1 Å². The van der Waals surface area contributed by atoms with Crippen LogP contribution in [0.2, 0.25) is 10.0 Å². The number of aliphatic carboxylic acids is 1. The van der Waals surface area contributed by atoms with Crippen molar-refractivity contribution in [1.82, 2.24) is 0 Å². The quantitative estimate of drug-likeness (QED) is 0.352. The molecule has 0 atom stereocenters. The van der Waals surface area contributed by atoms with Crippen molar-refractivity contribution in [3.8, 4) is 11.5 Å². The van der Waals surface area contributed by atoms with E-state index in [0.29, 0.717) is 21.4 Å². The lowest BCUT2D eigenvalue weighted by atomic mass is 10.1. The summed E-state index contributed by atoms with van der Waals surface area (Å²) in [5.41, 5.74) is 6.42. The van der Waals surface area contributed by atoms with E-state index in [0.717, 1.165) is 0 Å². The first kappa shape index (κ1) is 24.1. The average Bonchev–Trinajstić information content (AvgIpc) is 2.75. The number of ether oxygens (including phenoxy) is 2. The van der Waals surface area contributed by atoms with Crippen LogP contribution in [0.5, 0.6) is 11.5 Å². The summed E-state index contributed by atoms with van der Waals surface area (Å²) >= 11 is 12.3. The van der Waals surface area contributed by atoms with Gasteiger partial charge in [-0.15, -0.1) is 0 Å². The molecule has 11 heteroatoms. The minimum atomic E-state index is -1.19. The highest BCUT2D eigenvalue weighted by atomic mass is 35.5. The molecule has 3 aromatic carbocycles. The Morgan fingerprint density at radius 1 is 0.939 bits per heavy atom. The Morgan fingerprint density at radius 3 is 2.33 bits per heavy atom. The Hall–Kier alpha value is -3.53. The van der Waals surface area contributed by atoms with Crippen molar-refractivity contribution < 1.29 is 34.1 Å². The number of halogens is 2. The Bertz CT molecular complexity index is 1250. The molecule has 0 saturated carbocycles. The van der Waals surface area contributed by atoms with Gasteiger partial charge in [-0.25, -0.2) is 9.59 Å². The molecule has 0 unspecified atom stereocenters. The molecule has 5 N–H and O–H groups in total. The number of aromatic carboxylic acids is 1. The summed E-state index contributed by atoms with van der Waals surface area (Å²) in [6.07, 6.45) is 0. The molecule has 0 aliphatic heterocycles. The molecule has 0 aliphatic rings. The zero-order chi connectivity index (χ0) is 24.1. The van der Waals surface area contributed by atoms with E-state index in [2.05, 4.69) is 5.32 Å². The van der Waals surface area contributed by atoms with Crippen molar-refractivity contribution in [2.75, 3.05) is 18.5 Å². The zero-order valence-corrected chi connectivity index (χ0v) is 18.4. The first-order chi connectivity index (χ1) is 15.7. The van der Waals surface area contributed by atoms with Crippen molar-refractivity contribution in [2.45, 2.75) is 6.54 Å². The third kappa shape index (κ3) is 6.04. The number of carbonyl (C=O) groups is 3. The highest BCUT2D eigenvalue weighted by Gasteiger charge is 2.16. The molecule has 3 aromatic rings. The van der Waals surface area contributed by atoms with E-state index in [-0.39, 0.29) is 34.3 Å². The molecule has 0 spiro atoms. The Labute approximate surface area is 197 Å². The summed E-state index contributed by atoms with van der Waals surface area (Å²) in [6, 6.07) is 10.4. The molecule has 33 heavy (non-hydrogen) atoms. The van der Waals surface area contributed by atoms with Crippen LogP contribution in [-0.4, -0.2) is 41.3 Å². The van der Waals surface area contributed by atoms with E-state index in [4.69, 9.17) is 43.5 Å². The molecule has 1 amide bonds. The molecule has 0 radical (unpaired) electrons. The van der Waals surface area contributed by atoms with Gasteiger partial charge in [0.25, 0.3) is 5.91 Å². The number of carbonyl (C=O) groups excluding carboxylic acids is 1. The number of benzene rings is 3. The second kappa shape index (κ2) is 10.4. The third-order valence-corrected chi connectivity index (χ3v) is 4.96. The average molecular weight is 493 g/mol. The first-order valence-corrected chi connectivity index (χ1v) is 10.2. The molecule has 0 aliphatic carbocycles. The van der Waals surface area contributed by atoms with E-state index in [1.165, 1.54) is 36.4 Å². The van der Waals surface area contributed by atoms with Gasteiger partial charge in [-0.1, -0.05) is 29.3 Å². The molecule has 0 aromatic heterocycles. The lowest BCUT2D eigenvalue weighted by Crippen LogP contribution is -2.21. The number of carboxylic acid groups (broad SMARTS) is 2. The van der Waals surface area contributed by atoms with Crippen LogP contribution in [0.1, 0.15) is 15.9 Å². The fraction of sp³-hybridized carbons (Fsp3) is 0.136. The zero-order valence-electron chi connectivity index (χ0n) is 16.9. The molecule has 0 saturated heterocycles. The standard InChI is InChI=1S/C22H18Cl2N2O7/c23-14-5-12-4-13(22(30)31)6-18(21(12)15(24)7-14)32-9-19(27)26-16-2-1-11(8-25)3-17(16)33-10-20(28)29/h1-7H,8-10,25H2,(H,26,27)(H,28,29)(H,30,31). The minimum absolute atomic E-state index is 0.0713. The van der Waals surface area contributed by atoms with Crippen molar-refractivity contribution >= 4 is 57.5 Å². The van der Waals surface area contributed by atoms with E-state index < -0.39 is 31.1 Å². The molecule has 0 bridgehead atoms. The topological polar surface area (TPSA) is 148 Å². The Kier molecular flexibility index (Phi) is 7.59. The van der Waals surface area contributed by atoms with Crippen molar-refractivity contribution in [1.29, 1.82) is 0 Å². The smallest absolute Gasteiger partial charge is 0.341 e. The number of nitrogens with two attached hydrogens (primary N) is 1. The summed E-state index contributed by atoms with van der Waals surface area (Å²) in [7, 11) is 0. The maximum Gasteiger partial charge on any atom is 0.341 e. The molecule has 3 rings (SSSR count). The number of nitrogens with one attached hydrogen (secondary N) is 1. The van der Waals surface area contributed by atoms with Gasteiger partial charge < -0.3 is 30.7 Å². The predicted molar refractivity (Wildman–Crippen MR) is 123 cm³/mol. The molecule has 0 fully saturated rings. The summed E-state index contributed by atoms with van der Waals surface area (Å²) in [6.45, 7) is -0.908. The predicted octanol–water partition coefficient (Wildman–Crippen LogP) is 3.78. The Morgan fingerprint density at radius 2 is 1.67 bits per heavy atom. The van der Waals surface area contributed by atoms with Gasteiger partial charge in [-0.05, 0) is 47.3 Å². The summed E-state index contributed by atoms with van der Waals surface area (Å²) in [5.74, 6) is -2.76. The van der Waals surface area contributed by atoms with E-state index >= 15 is 0 Å². The minimum Gasteiger partial charge on any atom is -0.483 e. The van der Waals surface area contributed by atoms with Crippen molar-refractivity contribution in [3.05, 3.63) is 63.6 Å². The maximum atomic E-state index is 12.5. The lowest BCUT2D eigenvalue weighted by Gasteiger charge is -2.15. The van der Waals surface area contributed by atoms with Crippen LogP contribution in [0.3, 0.4) is 0 Å². The second-order valence-corrected chi connectivity index (χ2v) is 7.66. The summed E-state index contributed by atoms with van der Waals surface area (Å²) in [5, 5.41) is 22.2. The normalized spacial score (nSPS) is 10.6. The molecule has 9 nitrogen and oxygen atoms in total. The van der Waals surface area contributed by atoms with Gasteiger partial charge in [0, 0.05) is 17.0 Å². The van der Waals surface area contributed by atoms with E-state index in [1.807, 2.05) is 0 Å². The Balaban J connectivity index is 1.83. The number of amides is 1. The van der Waals surface area contributed by atoms with Crippen LogP contribution in [0, 0.1) is 0 Å². The number of fused-ring (bicyclic) bond motifs is 1. The van der Waals surface area contributed by atoms with Crippen LogP contribution in [0.4, 0.5) is 5.69 Å². The number of rotatable bonds is 9. The monoisotopic (exact) mass is 492 g/mol. The number of hydrogen-bond donors (Lipinski definition) is 4. The van der Waals surface area contributed by atoms with Crippen LogP contribution < -0.4 is 20.5 Å². The number of carboxylic acids is 2. The largest absolute Gasteiger partial charge is 0.483 e. The fourth-order valence-corrected chi connectivity index (χ4v) is 3.61. The third-order valence-electron chi connectivity index (χ3n) is 4.44. The van der Waals surface area contributed by atoms with E-state index in [1.54, 1.807) is 6.07 Å². The van der Waals surface area contributed by atoms with Crippen molar-refractivity contribution in [2.24, 2.45) is 5.73 Å². The number of hydrogen-bond acceptors (Lipinski definition) is 6. The van der Waals surface area contributed by atoms with Gasteiger partial charge in [0.1, 0.15) is 11.5 Å². The van der Waals surface area contributed by atoms with Crippen LogP contribution >= 0.6 is 23.2 Å². The van der Waals surface area contributed by atoms with Gasteiger partial charge >= 0.3 is 11.9 Å². The van der Waals surface area contributed by atoms with Gasteiger partial charge in [0.05, 0.1) is 16.3 Å². The second-order valence-electron chi connectivity index (χ2n) is 6.82. The molecule has 172 valence electrons.